The van der Waals surface area contributed by atoms with Gasteiger partial charge in [-0.2, -0.15) is 5.26 Å². The van der Waals surface area contributed by atoms with Crippen molar-refractivity contribution < 1.29 is 8.42 Å². The fourth-order valence-corrected chi connectivity index (χ4v) is 3.17. The van der Waals surface area contributed by atoms with Crippen molar-refractivity contribution in [1.82, 2.24) is 4.98 Å². The normalized spacial score (nSPS) is 10.9. The lowest BCUT2D eigenvalue weighted by molar-refractivity contribution is 0.601. The molecule has 0 aliphatic heterocycles. The Hall–Kier alpha value is -2.10. The first-order chi connectivity index (χ1) is 9.94. The highest BCUT2D eigenvalue weighted by atomic mass is 35.5. The summed E-state index contributed by atoms with van der Waals surface area (Å²) in [6.45, 7) is 1.74. The number of benzene rings is 1. The maximum absolute atomic E-state index is 12.3. The zero-order valence-corrected chi connectivity index (χ0v) is 12.7. The van der Waals surface area contributed by atoms with E-state index < -0.39 is 10.0 Å². The van der Waals surface area contributed by atoms with E-state index >= 15 is 0 Å². The number of hydrogen-bond acceptors (Lipinski definition) is 4. The van der Waals surface area contributed by atoms with Gasteiger partial charge in [-0.15, -0.1) is 0 Å². The topological polar surface area (TPSA) is 82.8 Å². The summed E-state index contributed by atoms with van der Waals surface area (Å²) in [6.07, 6.45) is 1.74. The lowest BCUT2D eigenvalue weighted by atomic mass is 10.2. The highest BCUT2D eigenvalue weighted by molar-refractivity contribution is 7.92. The average Bonchev–Trinajstić information content (AvgIpc) is 2.44. The number of hydrogen-bond donors (Lipinski definition) is 1. The molecule has 0 unspecified atom stereocenters. The zero-order valence-electron chi connectivity index (χ0n) is 11.2. The van der Waals surface area contributed by atoms with Gasteiger partial charge in [-0.25, -0.2) is 13.4 Å². The summed E-state index contributed by atoms with van der Waals surface area (Å²) in [5.41, 5.74) is 1.70. The third-order valence-corrected chi connectivity index (χ3v) is 4.52. The molecule has 0 spiro atoms. The Balaban J connectivity index is 2.32. The van der Waals surface area contributed by atoms with Crippen molar-refractivity contribution in [1.29, 1.82) is 5.26 Å². The van der Waals surface area contributed by atoms with E-state index in [0.29, 0.717) is 5.56 Å². The van der Waals surface area contributed by atoms with Crippen molar-refractivity contribution in [3.8, 4) is 6.07 Å². The van der Waals surface area contributed by atoms with Gasteiger partial charge in [0.1, 0.15) is 0 Å². The highest BCUT2D eigenvalue weighted by Gasteiger charge is 2.17. The van der Waals surface area contributed by atoms with Gasteiger partial charge in [0.05, 0.1) is 23.1 Å². The Kier molecular flexibility index (Phi) is 4.46. The average molecular weight is 322 g/mol. The van der Waals surface area contributed by atoms with Gasteiger partial charge in [0.15, 0.2) is 5.15 Å². The van der Waals surface area contributed by atoms with Crippen LogP contribution in [0.3, 0.4) is 0 Å². The molecule has 0 fully saturated rings. The van der Waals surface area contributed by atoms with Crippen LogP contribution >= 0.6 is 11.6 Å². The predicted octanol–water partition coefficient (Wildman–Crippen LogP) is 2.91. The van der Waals surface area contributed by atoms with Crippen molar-refractivity contribution in [2.75, 3.05) is 4.72 Å². The molecule has 0 saturated heterocycles. The van der Waals surface area contributed by atoms with Crippen molar-refractivity contribution in [3.05, 3.63) is 52.8 Å². The molecule has 0 amide bonds. The number of nitrogens with zero attached hydrogens (tertiary/aromatic N) is 2. The van der Waals surface area contributed by atoms with Crippen LogP contribution in [-0.2, 0) is 16.4 Å². The molecule has 0 bridgehead atoms. The summed E-state index contributed by atoms with van der Waals surface area (Å²) >= 11 is 5.92. The third-order valence-electron chi connectivity index (χ3n) is 2.87. The predicted molar refractivity (Wildman–Crippen MR) is 80.6 cm³/mol. The number of halogens is 1. The lowest BCUT2D eigenvalue weighted by Gasteiger charge is -2.11. The number of aromatic nitrogens is 1. The molecule has 21 heavy (non-hydrogen) atoms. The Morgan fingerprint density at radius 3 is 2.52 bits per heavy atom. The zero-order chi connectivity index (χ0) is 15.5. The van der Waals surface area contributed by atoms with Gasteiger partial charge >= 0.3 is 0 Å². The SMILES string of the molecule is Cc1ccnc(Cl)c1NS(=O)(=O)c1ccc(CC#N)cc1. The molecule has 2 aromatic rings. The second kappa shape index (κ2) is 6.12. The quantitative estimate of drug-likeness (QED) is 0.878. The fourth-order valence-electron chi connectivity index (χ4n) is 1.72. The second-order valence-corrected chi connectivity index (χ2v) is 6.42. The van der Waals surface area contributed by atoms with Crippen LogP contribution in [0.25, 0.3) is 0 Å². The van der Waals surface area contributed by atoms with Crippen LogP contribution in [0.5, 0.6) is 0 Å². The summed E-state index contributed by atoms with van der Waals surface area (Å²) < 4.78 is 27.1. The summed E-state index contributed by atoms with van der Waals surface area (Å²) in [5.74, 6) is 0. The smallest absolute Gasteiger partial charge is 0.262 e. The first-order valence-corrected chi connectivity index (χ1v) is 7.90. The number of rotatable bonds is 4. The van der Waals surface area contributed by atoms with E-state index in [4.69, 9.17) is 16.9 Å². The van der Waals surface area contributed by atoms with Crippen molar-refractivity contribution >= 4 is 27.3 Å². The summed E-state index contributed by atoms with van der Waals surface area (Å²) in [4.78, 5) is 3.96. The van der Waals surface area contributed by atoms with E-state index in [-0.39, 0.29) is 22.2 Å². The molecule has 0 aliphatic carbocycles. The molecule has 5 nitrogen and oxygen atoms in total. The van der Waals surface area contributed by atoms with E-state index in [1.807, 2.05) is 6.07 Å². The summed E-state index contributed by atoms with van der Waals surface area (Å²) in [6, 6.07) is 9.79. The number of nitrogens with one attached hydrogen (secondary N) is 1. The lowest BCUT2D eigenvalue weighted by Crippen LogP contribution is -2.14. The van der Waals surface area contributed by atoms with E-state index in [9.17, 15) is 8.42 Å². The van der Waals surface area contributed by atoms with Crippen LogP contribution < -0.4 is 4.72 Å². The van der Waals surface area contributed by atoms with Crippen molar-refractivity contribution in [3.63, 3.8) is 0 Å². The van der Waals surface area contributed by atoms with Gasteiger partial charge in [-0.3, -0.25) is 4.72 Å². The minimum Gasteiger partial charge on any atom is -0.276 e. The maximum atomic E-state index is 12.3. The van der Waals surface area contributed by atoms with Gasteiger partial charge in [-0.1, -0.05) is 23.7 Å². The first kappa shape index (κ1) is 15.3. The minimum absolute atomic E-state index is 0.0969. The molecule has 0 atom stereocenters. The maximum Gasteiger partial charge on any atom is 0.262 e. The van der Waals surface area contributed by atoms with Crippen LogP contribution in [0.1, 0.15) is 11.1 Å². The van der Waals surface area contributed by atoms with Crippen molar-refractivity contribution in [2.45, 2.75) is 18.2 Å². The van der Waals surface area contributed by atoms with E-state index in [0.717, 1.165) is 5.56 Å². The molecule has 7 heteroatoms. The third kappa shape index (κ3) is 3.51. The Morgan fingerprint density at radius 2 is 1.95 bits per heavy atom. The summed E-state index contributed by atoms with van der Waals surface area (Å²) in [7, 11) is -3.75. The molecule has 2 rings (SSSR count). The Bertz CT molecular complexity index is 776. The van der Waals surface area contributed by atoms with Crippen LogP contribution in [-0.4, -0.2) is 13.4 Å². The Morgan fingerprint density at radius 1 is 1.29 bits per heavy atom. The molecule has 1 heterocycles. The molecular weight excluding hydrogens is 310 g/mol. The van der Waals surface area contributed by atoms with Gasteiger partial charge in [0, 0.05) is 6.20 Å². The fraction of sp³-hybridized carbons (Fsp3) is 0.143. The molecule has 108 valence electrons. The largest absolute Gasteiger partial charge is 0.276 e. The van der Waals surface area contributed by atoms with Gasteiger partial charge in [0.2, 0.25) is 0 Å². The number of nitriles is 1. The molecule has 0 saturated carbocycles. The van der Waals surface area contributed by atoms with Crippen LogP contribution in [0, 0.1) is 18.3 Å². The number of anilines is 1. The van der Waals surface area contributed by atoms with E-state index in [1.54, 1.807) is 25.1 Å². The van der Waals surface area contributed by atoms with E-state index in [2.05, 4.69) is 9.71 Å². The minimum atomic E-state index is -3.75. The van der Waals surface area contributed by atoms with Crippen LogP contribution in [0.15, 0.2) is 41.4 Å². The van der Waals surface area contributed by atoms with Crippen LogP contribution in [0.2, 0.25) is 5.15 Å². The highest BCUT2D eigenvalue weighted by Crippen LogP contribution is 2.26. The van der Waals surface area contributed by atoms with Gasteiger partial charge in [0.25, 0.3) is 10.0 Å². The summed E-state index contributed by atoms with van der Waals surface area (Å²) in [5, 5.41) is 8.70. The Labute approximate surface area is 128 Å². The molecule has 0 radical (unpaired) electrons. The van der Waals surface area contributed by atoms with E-state index in [1.165, 1.54) is 18.3 Å². The van der Waals surface area contributed by atoms with Gasteiger partial charge in [-0.05, 0) is 36.2 Å². The van der Waals surface area contributed by atoms with Crippen molar-refractivity contribution in [2.24, 2.45) is 0 Å². The molecule has 1 aromatic heterocycles. The van der Waals surface area contributed by atoms with Crippen LogP contribution in [0.4, 0.5) is 5.69 Å². The number of sulfonamides is 1. The molecular formula is C14H12ClN3O2S. The molecule has 0 aliphatic rings. The number of pyridine rings is 1. The first-order valence-electron chi connectivity index (χ1n) is 6.04. The monoisotopic (exact) mass is 321 g/mol. The second-order valence-electron chi connectivity index (χ2n) is 4.38. The standard InChI is InChI=1S/C14H12ClN3O2S/c1-10-7-9-17-14(15)13(10)18-21(19,20)12-4-2-11(3-5-12)6-8-16/h2-5,7,9,18H,6H2,1H3. The molecule has 1 aromatic carbocycles. The molecule has 1 N–H and O–H groups in total. The van der Waals surface area contributed by atoms with Gasteiger partial charge < -0.3 is 0 Å². The number of aryl methyl sites for hydroxylation is 1.